The van der Waals surface area contributed by atoms with Crippen molar-refractivity contribution in [2.75, 3.05) is 0 Å². The molecule has 90 valence electrons. The maximum atomic E-state index is 11.8. The summed E-state index contributed by atoms with van der Waals surface area (Å²) in [7, 11) is 0. The second-order valence-corrected chi connectivity index (χ2v) is 5.01. The molecule has 18 heavy (non-hydrogen) atoms. The summed E-state index contributed by atoms with van der Waals surface area (Å²) in [5.41, 5.74) is 2.57. The van der Waals surface area contributed by atoms with Gasteiger partial charge in [0.1, 0.15) is 5.78 Å². The summed E-state index contributed by atoms with van der Waals surface area (Å²) in [4.78, 5) is 11.8. The number of rotatable bonds is 3. The molecule has 0 heterocycles. The number of ketones is 1. The molecule has 0 N–H and O–H groups in total. The Balaban J connectivity index is 1.94. The molecular formula is C17H16O. The van der Waals surface area contributed by atoms with Crippen LogP contribution in [0, 0.1) is 5.92 Å². The highest BCUT2D eigenvalue weighted by molar-refractivity contribution is 5.85. The van der Waals surface area contributed by atoms with Gasteiger partial charge in [-0.2, -0.15) is 0 Å². The fourth-order valence-corrected chi connectivity index (χ4v) is 3.00. The first-order chi connectivity index (χ1) is 8.79. The molecule has 0 amide bonds. The van der Waals surface area contributed by atoms with E-state index in [2.05, 4.69) is 24.3 Å². The first-order valence-corrected chi connectivity index (χ1v) is 6.39. The van der Waals surface area contributed by atoms with E-state index < -0.39 is 0 Å². The molecule has 0 bridgehead atoms. The molecule has 0 spiro atoms. The van der Waals surface area contributed by atoms with Gasteiger partial charge in [0.15, 0.2) is 0 Å². The summed E-state index contributed by atoms with van der Waals surface area (Å²) in [6.45, 7) is 1.71. The Bertz CT molecular complexity index is 499. The Morgan fingerprint density at radius 2 is 1.17 bits per heavy atom. The van der Waals surface area contributed by atoms with E-state index in [1.807, 2.05) is 36.4 Å². The van der Waals surface area contributed by atoms with Gasteiger partial charge in [0, 0.05) is 17.8 Å². The minimum Gasteiger partial charge on any atom is -0.300 e. The normalized spacial score (nSPS) is 25.7. The van der Waals surface area contributed by atoms with Crippen molar-refractivity contribution in [2.45, 2.75) is 18.8 Å². The topological polar surface area (TPSA) is 17.1 Å². The van der Waals surface area contributed by atoms with Crippen LogP contribution in [0.5, 0.6) is 0 Å². The van der Waals surface area contributed by atoms with E-state index in [-0.39, 0.29) is 5.92 Å². The summed E-state index contributed by atoms with van der Waals surface area (Å²) in [5.74, 6) is 1.20. The lowest BCUT2D eigenvalue weighted by atomic mass is 10.0. The number of benzene rings is 2. The van der Waals surface area contributed by atoms with Crippen LogP contribution in [0.2, 0.25) is 0 Å². The number of hydrogen-bond acceptors (Lipinski definition) is 1. The van der Waals surface area contributed by atoms with Gasteiger partial charge >= 0.3 is 0 Å². The third kappa shape index (κ3) is 1.86. The maximum Gasteiger partial charge on any atom is 0.134 e. The first kappa shape index (κ1) is 11.2. The van der Waals surface area contributed by atoms with Crippen molar-refractivity contribution in [1.29, 1.82) is 0 Å². The van der Waals surface area contributed by atoms with Crippen LogP contribution in [-0.4, -0.2) is 5.78 Å². The van der Waals surface area contributed by atoms with Gasteiger partial charge in [-0.25, -0.2) is 0 Å². The molecule has 2 atom stereocenters. The fraction of sp³-hybridized carbons (Fsp3) is 0.235. The number of carbonyl (C=O) groups is 1. The van der Waals surface area contributed by atoms with Crippen LogP contribution in [0.25, 0.3) is 0 Å². The highest BCUT2D eigenvalue weighted by Crippen LogP contribution is 2.60. The molecule has 1 fully saturated rings. The Labute approximate surface area is 107 Å². The van der Waals surface area contributed by atoms with Gasteiger partial charge in [-0.1, -0.05) is 60.7 Å². The zero-order valence-corrected chi connectivity index (χ0v) is 10.4. The van der Waals surface area contributed by atoms with Gasteiger partial charge < -0.3 is 0 Å². The zero-order valence-electron chi connectivity index (χ0n) is 10.4. The molecule has 1 aliphatic rings. The second kappa shape index (κ2) is 4.41. The standard InChI is InChI=1S/C17H16O/c1-12(18)15-16(13-8-4-2-5-9-13)17(15)14-10-6-3-7-11-14/h2-11,15-17H,1H3. The molecule has 0 radical (unpaired) electrons. The fourth-order valence-electron chi connectivity index (χ4n) is 3.00. The van der Waals surface area contributed by atoms with E-state index in [0.717, 1.165) is 0 Å². The van der Waals surface area contributed by atoms with Crippen LogP contribution in [0.4, 0.5) is 0 Å². The van der Waals surface area contributed by atoms with Gasteiger partial charge in [-0.15, -0.1) is 0 Å². The average Bonchev–Trinajstić information content (AvgIpc) is 3.16. The molecule has 1 heteroatoms. The Hall–Kier alpha value is -1.89. The average molecular weight is 236 g/mol. The lowest BCUT2D eigenvalue weighted by Gasteiger charge is -2.00. The van der Waals surface area contributed by atoms with Crippen LogP contribution in [0.1, 0.15) is 29.9 Å². The van der Waals surface area contributed by atoms with Gasteiger partial charge in [0.2, 0.25) is 0 Å². The van der Waals surface area contributed by atoms with Gasteiger partial charge in [0.05, 0.1) is 0 Å². The van der Waals surface area contributed by atoms with Crippen LogP contribution >= 0.6 is 0 Å². The Morgan fingerprint density at radius 1 is 0.778 bits per heavy atom. The lowest BCUT2D eigenvalue weighted by molar-refractivity contribution is -0.118. The first-order valence-electron chi connectivity index (χ1n) is 6.39. The summed E-state index contributed by atoms with van der Waals surface area (Å²) < 4.78 is 0. The van der Waals surface area contributed by atoms with Crippen LogP contribution in [0.3, 0.4) is 0 Å². The third-order valence-corrected chi connectivity index (χ3v) is 3.86. The monoisotopic (exact) mass is 236 g/mol. The maximum absolute atomic E-state index is 11.8. The van der Waals surface area contributed by atoms with Gasteiger partial charge in [-0.3, -0.25) is 4.79 Å². The molecule has 1 aliphatic carbocycles. The van der Waals surface area contributed by atoms with Crippen molar-refractivity contribution < 1.29 is 4.79 Å². The summed E-state index contributed by atoms with van der Waals surface area (Å²) in [6.07, 6.45) is 0. The van der Waals surface area contributed by atoms with Crippen molar-refractivity contribution in [2.24, 2.45) is 5.92 Å². The van der Waals surface area contributed by atoms with Gasteiger partial charge in [0.25, 0.3) is 0 Å². The van der Waals surface area contributed by atoms with Crippen LogP contribution in [-0.2, 0) is 4.79 Å². The molecule has 0 aromatic heterocycles. The molecule has 2 aromatic rings. The lowest BCUT2D eigenvalue weighted by Crippen LogP contribution is -1.95. The molecule has 2 unspecified atom stereocenters. The number of hydrogen-bond donors (Lipinski definition) is 0. The molecule has 0 aliphatic heterocycles. The van der Waals surface area contributed by atoms with Crippen molar-refractivity contribution in [1.82, 2.24) is 0 Å². The molecule has 0 saturated heterocycles. The van der Waals surface area contributed by atoms with E-state index in [0.29, 0.717) is 17.6 Å². The SMILES string of the molecule is CC(=O)C1C(c2ccccc2)C1c1ccccc1. The largest absolute Gasteiger partial charge is 0.300 e. The quantitative estimate of drug-likeness (QED) is 0.792. The summed E-state index contributed by atoms with van der Waals surface area (Å²) >= 11 is 0. The van der Waals surface area contributed by atoms with Crippen molar-refractivity contribution in [3.8, 4) is 0 Å². The van der Waals surface area contributed by atoms with E-state index in [9.17, 15) is 4.79 Å². The highest BCUT2D eigenvalue weighted by atomic mass is 16.1. The molecule has 1 nitrogen and oxygen atoms in total. The summed E-state index contributed by atoms with van der Waals surface area (Å²) in [5, 5.41) is 0. The van der Waals surface area contributed by atoms with Crippen molar-refractivity contribution in [3.63, 3.8) is 0 Å². The smallest absolute Gasteiger partial charge is 0.134 e. The minimum absolute atomic E-state index is 0.162. The van der Waals surface area contributed by atoms with Gasteiger partial charge in [-0.05, 0) is 18.1 Å². The molecule has 2 aromatic carbocycles. The zero-order chi connectivity index (χ0) is 12.5. The van der Waals surface area contributed by atoms with E-state index in [1.54, 1.807) is 6.92 Å². The Morgan fingerprint density at radius 3 is 1.50 bits per heavy atom. The van der Waals surface area contributed by atoms with E-state index in [4.69, 9.17) is 0 Å². The number of carbonyl (C=O) groups excluding carboxylic acids is 1. The predicted octanol–water partition coefficient (Wildman–Crippen LogP) is 3.77. The van der Waals surface area contributed by atoms with Crippen LogP contribution in [0.15, 0.2) is 60.7 Å². The third-order valence-electron chi connectivity index (χ3n) is 3.86. The van der Waals surface area contributed by atoms with E-state index >= 15 is 0 Å². The minimum atomic E-state index is 0.162. The molecular weight excluding hydrogens is 220 g/mol. The number of Topliss-reactive ketones (excluding diaryl/α,β-unsaturated/α-hetero) is 1. The predicted molar refractivity (Wildman–Crippen MR) is 72.5 cm³/mol. The highest BCUT2D eigenvalue weighted by Gasteiger charge is 2.54. The van der Waals surface area contributed by atoms with E-state index in [1.165, 1.54) is 11.1 Å². The second-order valence-electron chi connectivity index (χ2n) is 5.01. The van der Waals surface area contributed by atoms with Crippen LogP contribution < -0.4 is 0 Å². The van der Waals surface area contributed by atoms with Crippen molar-refractivity contribution in [3.05, 3.63) is 71.8 Å². The van der Waals surface area contributed by atoms with Crippen molar-refractivity contribution >= 4 is 5.78 Å². The summed E-state index contributed by atoms with van der Waals surface area (Å²) in [6, 6.07) is 20.7. The Kier molecular flexibility index (Phi) is 2.75. The molecule has 1 saturated carbocycles. The molecule has 3 rings (SSSR count).